The van der Waals surface area contributed by atoms with Gasteiger partial charge in [0, 0.05) is 50.4 Å². The molecule has 0 radical (unpaired) electrons. The molecule has 10 rings (SSSR count). The summed E-state index contributed by atoms with van der Waals surface area (Å²) in [6.45, 7) is 9.25. The van der Waals surface area contributed by atoms with Gasteiger partial charge >= 0.3 is 0 Å². The average Bonchev–Trinajstić information content (AvgIpc) is 3.81. The van der Waals surface area contributed by atoms with E-state index in [1.54, 1.807) is 0 Å². The summed E-state index contributed by atoms with van der Waals surface area (Å²) in [6.07, 6.45) is 6.01. The van der Waals surface area contributed by atoms with Gasteiger partial charge in [0.25, 0.3) is 0 Å². The van der Waals surface area contributed by atoms with E-state index in [2.05, 4.69) is 193 Å². The molecule has 0 N–H and O–H groups in total. The number of benzene rings is 6. The minimum Gasteiger partial charge on any atom is -0.310 e. The molecule has 10 aromatic rings. The predicted octanol–water partition coefficient (Wildman–Crippen LogP) is 13.7. The number of imidazole rings is 1. The van der Waals surface area contributed by atoms with Crippen LogP contribution < -0.4 is 4.90 Å². The van der Waals surface area contributed by atoms with E-state index in [0.717, 1.165) is 63.5 Å². The van der Waals surface area contributed by atoms with Crippen molar-refractivity contribution in [2.45, 2.75) is 40.5 Å². The number of anilines is 3. The molecular weight excluding hydrogens is 695 g/mol. The maximum atomic E-state index is 5.30. The first-order valence-corrected chi connectivity index (χ1v) is 20.2. The van der Waals surface area contributed by atoms with Gasteiger partial charge in [-0.1, -0.05) is 119 Å². The van der Waals surface area contributed by atoms with Crippen LogP contribution in [0.25, 0.3) is 66.2 Å². The van der Waals surface area contributed by atoms with Gasteiger partial charge in [0.15, 0.2) is 0 Å². The Morgan fingerprint density at radius 1 is 0.491 bits per heavy atom. The van der Waals surface area contributed by atoms with Crippen LogP contribution in [0.3, 0.4) is 0 Å². The summed E-state index contributed by atoms with van der Waals surface area (Å²) in [4.78, 5) is 12.5. The van der Waals surface area contributed by atoms with Crippen LogP contribution in [0.15, 0.2) is 164 Å². The lowest BCUT2D eigenvalue weighted by Gasteiger charge is -2.26. The van der Waals surface area contributed by atoms with Crippen LogP contribution >= 0.6 is 0 Å². The van der Waals surface area contributed by atoms with Crippen LogP contribution in [0.1, 0.15) is 38.8 Å². The summed E-state index contributed by atoms with van der Waals surface area (Å²) >= 11 is 0. The van der Waals surface area contributed by atoms with Crippen LogP contribution in [0, 0.1) is 11.8 Å². The van der Waals surface area contributed by atoms with E-state index in [9.17, 15) is 0 Å². The molecule has 0 aliphatic rings. The first kappa shape index (κ1) is 34.7. The van der Waals surface area contributed by atoms with E-state index in [1.807, 2.05) is 12.3 Å². The van der Waals surface area contributed by atoms with Crippen LogP contribution in [0.2, 0.25) is 0 Å². The summed E-state index contributed by atoms with van der Waals surface area (Å²) in [5.41, 5.74) is 12.9. The van der Waals surface area contributed by atoms with Gasteiger partial charge in [0.2, 0.25) is 0 Å². The molecule has 6 aromatic carbocycles. The zero-order chi connectivity index (χ0) is 38.6. The molecule has 0 atom stereocenters. The molecule has 0 aliphatic heterocycles. The van der Waals surface area contributed by atoms with Gasteiger partial charge in [0.1, 0.15) is 11.5 Å². The minimum atomic E-state index is 0.533. The second kappa shape index (κ2) is 14.1. The lowest BCUT2D eigenvalue weighted by Crippen LogP contribution is -2.10. The van der Waals surface area contributed by atoms with E-state index < -0.39 is 0 Å². The van der Waals surface area contributed by atoms with Gasteiger partial charge in [0.05, 0.1) is 28.4 Å². The second-order valence-electron chi connectivity index (χ2n) is 16.1. The molecule has 278 valence electrons. The van der Waals surface area contributed by atoms with Gasteiger partial charge in [-0.25, -0.2) is 9.97 Å². The largest absolute Gasteiger partial charge is 0.310 e. The van der Waals surface area contributed by atoms with Crippen molar-refractivity contribution in [1.29, 1.82) is 0 Å². The number of hydrogen-bond donors (Lipinski definition) is 0. The molecular formula is C52H45N5. The minimum absolute atomic E-state index is 0.533. The highest BCUT2D eigenvalue weighted by Crippen LogP contribution is 2.43. The topological polar surface area (TPSA) is 38.4 Å². The first-order valence-electron chi connectivity index (χ1n) is 20.2. The quantitative estimate of drug-likeness (QED) is 0.138. The van der Waals surface area contributed by atoms with Crippen molar-refractivity contribution in [3.63, 3.8) is 0 Å². The Morgan fingerprint density at radius 2 is 1.11 bits per heavy atom. The molecule has 0 spiro atoms. The number of rotatable bonds is 9. The van der Waals surface area contributed by atoms with Crippen molar-refractivity contribution in [1.82, 2.24) is 18.9 Å². The summed E-state index contributed by atoms with van der Waals surface area (Å²) in [5, 5.41) is 5.92. The Labute approximate surface area is 333 Å². The molecule has 57 heavy (non-hydrogen) atoms. The molecule has 0 amide bonds. The Kier molecular flexibility index (Phi) is 8.59. The van der Waals surface area contributed by atoms with E-state index in [4.69, 9.17) is 9.97 Å². The van der Waals surface area contributed by atoms with Gasteiger partial charge in [-0.05, 0) is 102 Å². The van der Waals surface area contributed by atoms with Crippen LogP contribution in [-0.2, 0) is 12.8 Å². The first-order chi connectivity index (χ1) is 27.9. The third-order valence-corrected chi connectivity index (χ3v) is 11.3. The monoisotopic (exact) mass is 739 g/mol. The molecule has 0 saturated carbocycles. The Hall–Kier alpha value is -6.72. The van der Waals surface area contributed by atoms with Crippen molar-refractivity contribution in [2.75, 3.05) is 4.90 Å². The highest BCUT2D eigenvalue weighted by atomic mass is 15.1. The number of pyridine rings is 2. The lowest BCUT2D eigenvalue weighted by atomic mass is 9.89. The summed E-state index contributed by atoms with van der Waals surface area (Å²) in [6, 6.07) is 54.8. The van der Waals surface area contributed by atoms with Crippen molar-refractivity contribution in [3.8, 4) is 17.1 Å². The highest BCUT2D eigenvalue weighted by Gasteiger charge is 2.22. The fourth-order valence-electron chi connectivity index (χ4n) is 9.01. The fourth-order valence-corrected chi connectivity index (χ4v) is 9.01. The normalized spacial score (nSPS) is 12.0. The summed E-state index contributed by atoms with van der Waals surface area (Å²) < 4.78 is 4.71. The number of aromatic nitrogens is 4. The zero-order valence-electron chi connectivity index (χ0n) is 32.9. The van der Waals surface area contributed by atoms with Crippen LogP contribution in [0.4, 0.5) is 17.1 Å². The molecule has 4 heterocycles. The van der Waals surface area contributed by atoms with Crippen molar-refractivity contribution in [3.05, 3.63) is 175 Å². The standard InChI is InChI=1S/C52H45N5/c1-34(2)29-36-15-14-16-37(30-35(3)4)51(36)49-33-54-52-45-31-39(24-26-41(45)42-19-8-11-22-47(42)57(49)52)55(38-17-6-5-7-18-38)40-25-27-44-43-20-9-10-21-46(43)56(48(44)32-40)50-23-12-13-28-53-50/h5-28,31-35H,29-30H2,1-4H3. The molecule has 5 heteroatoms. The molecule has 5 nitrogen and oxygen atoms in total. The number of fused-ring (bicyclic) bond motifs is 9. The molecule has 0 aliphatic carbocycles. The lowest BCUT2D eigenvalue weighted by molar-refractivity contribution is 0.637. The molecule has 0 bridgehead atoms. The van der Waals surface area contributed by atoms with Crippen LogP contribution in [-0.4, -0.2) is 18.9 Å². The van der Waals surface area contributed by atoms with Crippen molar-refractivity contribution in [2.24, 2.45) is 11.8 Å². The molecule has 0 unspecified atom stereocenters. The van der Waals surface area contributed by atoms with Gasteiger partial charge in [-0.15, -0.1) is 0 Å². The van der Waals surface area contributed by atoms with E-state index in [1.165, 1.54) is 43.8 Å². The number of nitrogens with zero attached hydrogens (tertiary/aromatic N) is 5. The zero-order valence-corrected chi connectivity index (χ0v) is 32.9. The molecule has 4 aromatic heterocycles. The van der Waals surface area contributed by atoms with Crippen molar-refractivity contribution < 1.29 is 0 Å². The SMILES string of the molecule is CC(C)Cc1cccc(CC(C)C)c1-c1cnc2c3cc(N(c4ccccc4)c4ccc5c6ccccc6n(-c6ccccn6)c5c4)ccc3c3ccccc3n12. The summed E-state index contributed by atoms with van der Waals surface area (Å²) in [7, 11) is 0. The predicted molar refractivity (Wildman–Crippen MR) is 240 cm³/mol. The van der Waals surface area contributed by atoms with Crippen LogP contribution in [0.5, 0.6) is 0 Å². The highest BCUT2D eigenvalue weighted by molar-refractivity contribution is 6.14. The second-order valence-corrected chi connectivity index (χ2v) is 16.1. The molecule has 0 saturated heterocycles. The summed E-state index contributed by atoms with van der Waals surface area (Å²) in [5.74, 6) is 1.96. The number of para-hydroxylation sites is 3. The van der Waals surface area contributed by atoms with E-state index in [-0.39, 0.29) is 0 Å². The van der Waals surface area contributed by atoms with E-state index in [0.29, 0.717) is 11.8 Å². The number of hydrogen-bond acceptors (Lipinski definition) is 3. The third kappa shape index (κ3) is 5.93. The Bertz CT molecular complexity index is 3050. The smallest absolute Gasteiger partial charge is 0.145 e. The van der Waals surface area contributed by atoms with Crippen molar-refractivity contribution >= 4 is 66.2 Å². The van der Waals surface area contributed by atoms with Gasteiger partial charge in [-0.3, -0.25) is 8.97 Å². The maximum Gasteiger partial charge on any atom is 0.145 e. The van der Waals surface area contributed by atoms with Gasteiger partial charge in [-0.2, -0.15) is 0 Å². The van der Waals surface area contributed by atoms with Gasteiger partial charge < -0.3 is 4.90 Å². The maximum absolute atomic E-state index is 5.30. The Balaban J connectivity index is 1.23. The molecule has 0 fully saturated rings. The fraction of sp³-hybridized carbons (Fsp3) is 0.154. The Morgan fingerprint density at radius 3 is 1.81 bits per heavy atom. The third-order valence-electron chi connectivity index (χ3n) is 11.3. The van der Waals surface area contributed by atoms with E-state index >= 15 is 0 Å². The average molecular weight is 740 g/mol.